The van der Waals surface area contributed by atoms with Crippen LogP contribution in [-0.4, -0.2) is 29.0 Å². The second-order valence-corrected chi connectivity index (χ2v) is 20.9. The molecule has 4 atom stereocenters. The maximum absolute atomic E-state index is 7.39. The summed E-state index contributed by atoms with van der Waals surface area (Å²) in [6.07, 6.45) is 0. The molecule has 0 aliphatic carbocycles. The van der Waals surface area contributed by atoms with Crippen molar-refractivity contribution in [3.63, 3.8) is 0 Å². The predicted octanol–water partition coefficient (Wildman–Crippen LogP) is 9.71. The normalized spacial score (nSPS) is 17.8. The summed E-state index contributed by atoms with van der Waals surface area (Å²) in [4.78, 5) is 0. The second-order valence-electron chi connectivity index (χ2n) is 15.4. The van der Waals surface area contributed by atoms with Crippen molar-refractivity contribution in [2.75, 3.05) is 0 Å². The summed E-state index contributed by atoms with van der Waals surface area (Å²) in [6, 6.07) is 0. The van der Waals surface area contributed by atoms with Crippen LogP contribution in [0, 0.1) is 45.3 Å². The highest BCUT2D eigenvalue weighted by atomic mass is 27.3. The van der Waals surface area contributed by atoms with E-state index >= 15 is 0 Å². The van der Waals surface area contributed by atoms with Crippen LogP contribution in [0.4, 0.5) is 0 Å². The Bertz CT molecular complexity index is 411. The van der Waals surface area contributed by atoms with Crippen molar-refractivity contribution < 1.29 is 2.84 Å². The third-order valence-corrected chi connectivity index (χ3v) is 16.8. The van der Waals surface area contributed by atoms with Crippen molar-refractivity contribution >= 4 is 29.0 Å². The van der Waals surface area contributed by atoms with Gasteiger partial charge in [-0.05, 0) is 45.3 Å². The molecule has 3 heteroatoms. The molecule has 0 amide bonds. The van der Waals surface area contributed by atoms with Gasteiger partial charge in [0.15, 0.2) is 0 Å². The SMILES string of the molecule is CC([CH2][Al]([CH2]C(C)C(C)(C)C)[O][Al]([CH2]C(C)C(C)(C)C)[CH2]C(C)C(C)(C)C)C(C)(C)C. The smallest absolute Gasteiger partial charge is 0.430 e. The van der Waals surface area contributed by atoms with Crippen LogP contribution in [0.25, 0.3) is 0 Å². The molecule has 0 bridgehead atoms. The molecule has 0 aromatic rings. The Morgan fingerprint density at radius 3 is 0.710 bits per heavy atom. The molecule has 31 heavy (non-hydrogen) atoms. The van der Waals surface area contributed by atoms with E-state index in [1.807, 2.05) is 0 Å². The van der Waals surface area contributed by atoms with Crippen molar-refractivity contribution in [3.05, 3.63) is 0 Å². The first-order chi connectivity index (χ1) is 13.5. The lowest BCUT2D eigenvalue weighted by molar-refractivity contribution is 0.254. The van der Waals surface area contributed by atoms with Gasteiger partial charge in [0.05, 0.1) is 0 Å². The summed E-state index contributed by atoms with van der Waals surface area (Å²) >= 11 is -2.54. The van der Waals surface area contributed by atoms with E-state index in [-0.39, 0.29) is 0 Å². The molecule has 0 spiro atoms. The van der Waals surface area contributed by atoms with Crippen molar-refractivity contribution in [1.82, 2.24) is 0 Å². The summed E-state index contributed by atoms with van der Waals surface area (Å²) in [6.45, 7) is 38.8. The first kappa shape index (κ1) is 32.0. The highest BCUT2D eigenvalue weighted by Gasteiger charge is 2.39. The van der Waals surface area contributed by atoms with Gasteiger partial charge in [0.1, 0.15) is 0 Å². The molecule has 184 valence electrons. The quantitative estimate of drug-likeness (QED) is 0.291. The number of hydrogen-bond acceptors (Lipinski definition) is 1. The zero-order valence-electron chi connectivity index (χ0n) is 24.7. The van der Waals surface area contributed by atoms with Crippen LogP contribution in [0.3, 0.4) is 0 Å². The van der Waals surface area contributed by atoms with E-state index in [1.54, 1.807) is 0 Å². The maximum atomic E-state index is 7.39. The molecule has 0 heterocycles. The lowest BCUT2D eigenvalue weighted by Gasteiger charge is -2.37. The monoisotopic (exact) mass is 466 g/mol. The van der Waals surface area contributed by atoms with Crippen LogP contribution >= 0.6 is 0 Å². The minimum Gasteiger partial charge on any atom is -0.636 e. The predicted molar refractivity (Wildman–Crippen MR) is 146 cm³/mol. The molecule has 4 unspecified atom stereocenters. The van der Waals surface area contributed by atoms with Crippen molar-refractivity contribution in [2.24, 2.45) is 45.3 Å². The van der Waals surface area contributed by atoms with E-state index in [2.05, 4.69) is 111 Å². The van der Waals surface area contributed by atoms with E-state index in [9.17, 15) is 0 Å². The number of hydrogen-bond donors (Lipinski definition) is 0. The largest absolute Gasteiger partial charge is 0.636 e. The van der Waals surface area contributed by atoms with Gasteiger partial charge in [-0.25, -0.2) is 0 Å². The van der Waals surface area contributed by atoms with Gasteiger partial charge >= 0.3 is 29.0 Å². The average Bonchev–Trinajstić information content (AvgIpc) is 2.50. The minimum atomic E-state index is -1.27. The third kappa shape index (κ3) is 12.9. The summed E-state index contributed by atoms with van der Waals surface area (Å²) in [7, 11) is 0. The lowest BCUT2D eigenvalue weighted by atomic mass is 9.83. The van der Waals surface area contributed by atoms with Crippen LogP contribution in [0.15, 0.2) is 0 Å². The summed E-state index contributed by atoms with van der Waals surface area (Å²) in [5, 5.41) is 5.34. The molecular formula is C28H60Al2O. The Hall–Kier alpha value is 1.02. The fourth-order valence-corrected chi connectivity index (χ4v) is 14.0. The molecular weight excluding hydrogens is 406 g/mol. The minimum absolute atomic E-state index is 0.369. The lowest BCUT2D eigenvalue weighted by Crippen LogP contribution is -2.39. The second kappa shape index (κ2) is 12.1. The van der Waals surface area contributed by atoms with Gasteiger partial charge in [-0.15, -0.1) is 0 Å². The Morgan fingerprint density at radius 2 is 0.581 bits per heavy atom. The maximum Gasteiger partial charge on any atom is 0.430 e. The van der Waals surface area contributed by atoms with Gasteiger partial charge in [-0.2, -0.15) is 0 Å². The van der Waals surface area contributed by atoms with Crippen LogP contribution in [0.2, 0.25) is 21.1 Å². The van der Waals surface area contributed by atoms with Crippen molar-refractivity contribution in [1.29, 1.82) is 0 Å². The van der Waals surface area contributed by atoms with Gasteiger partial charge < -0.3 is 2.84 Å². The highest BCUT2D eigenvalue weighted by Crippen LogP contribution is 2.38. The Kier molecular flexibility index (Phi) is 12.5. The van der Waals surface area contributed by atoms with E-state index in [0.717, 1.165) is 23.7 Å². The molecule has 0 fully saturated rings. The topological polar surface area (TPSA) is 9.23 Å². The van der Waals surface area contributed by atoms with Crippen LogP contribution in [0.5, 0.6) is 0 Å². The standard InChI is InChI=1S/4C7H15.2Al.O/c4*1-6(2)7(3,4)5;;;/h4*6H,1H2,2-5H3;;;. The van der Waals surface area contributed by atoms with Crippen molar-refractivity contribution in [2.45, 2.75) is 132 Å². The van der Waals surface area contributed by atoms with Gasteiger partial charge in [0, 0.05) is 0 Å². The Labute approximate surface area is 208 Å². The third-order valence-electron chi connectivity index (χ3n) is 8.76. The molecule has 0 saturated heterocycles. The first-order valence-electron chi connectivity index (χ1n) is 13.2. The molecule has 0 aromatic carbocycles. The number of rotatable bonds is 10. The molecule has 0 aliphatic rings. The Balaban J connectivity index is 5.73. The van der Waals surface area contributed by atoms with E-state index < -0.39 is 29.0 Å². The van der Waals surface area contributed by atoms with Crippen LogP contribution in [0.1, 0.15) is 111 Å². The molecule has 0 N–H and O–H groups in total. The van der Waals surface area contributed by atoms with Crippen molar-refractivity contribution in [3.8, 4) is 0 Å². The van der Waals surface area contributed by atoms with Gasteiger partial charge in [-0.1, -0.05) is 132 Å². The fourth-order valence-electron chi connectivity index (χ4n) is 3.68. The highest BCUT2D eigenvalue weighted by molar-refractivity contribution is 6.66. The zero-order valence-corrected chi connectivity index (χ0v) is 27.0. The molecule has 0 saturated carbocycles. The molecule has 0 aromatic heterocycles. The molecule has 1 nitrogen and oxygen atoms in total. The fraction of sp³-hybridized carbons (Fsp3) is 1.00. The zero-order chi connectivity index (χ0) is 25.0. The van der Waals surface area contributed by atoms with E-state index in [1.165, 1.54) is 21.1 Å². The first-order valence-corrected chi connectivity index (χ1v) is 17.4. The summed E-state index contributed by atoms with van der Waals surface area (Å²) in [5.74, 6) is 2.91. The molecule has 0 radical (unpaired) electrons. The molecule has 0 aliphatic heterocycles. The van der Waals surface area contributed by atoms with Gasteiger partial charge in [0.25, 0.3) is 0 Å². The van der Waals surface area contributed by atoms with E-state index in [0.29, 0.717) is 21.7 Å². The summed E-state index contributed by atoms with van der Waals surface area (Å²) in [5.41, 5.74) is 1.48. The average molecular weight is 467 g/mol. The van der Waals surface area contributed by atoms with Gasteiger partial charge in [-0.3, -0.25) is 0 Å². The summed E-state index contributed by atoms with van der Waals surface area (Å²) < 4.78 is 7.39. The van der Waals surface area contributed by atoms with Gasteiger partial charge in [0.2, 0.25) is 0 Å². The van der Waals surface area contributed by atoms with Crippen LogP contribution < -0.4 is 0 Å². The van der Waals surface area contributed by atoms with E-state index in [4.69, 9.17) is 2.84 Å². The molecule has 0 rings (SSSR count). The van der Waals surface area contributed by atoms with Crippen LogP contribution in [-0.2, 0) is 2.84 Å². The Morgan fingerprint density at radius 1 is 0.419 bits per heavy atom.